The summed E-state index contributed by atoms with van der Waals surface area (Å²) < 4.78 is 36.7. The molecule has 17 heavy (non-hydrogen) atoms. The number of hydrogen-bond donors (Lipinski definition) is 3. The van der Waals surface area contributed by atoms with E-state index in [0.717, 1.165) is 0 Å². The third-order valence-electron chi connectivity index (χ3n) is 1.36. The molecule has 0 amide bonds. The van der Waals surface area contributed by atoms with Gasteiger partial charge in [0.2, 0.25) is 5.89 Å². The molecule has 6 nitrogen and oxygen atoms in total. The van der Waals surface area contributed by atoms with Crippen LogP contribution in [0.5, 0.6) is 0 Å². The Morgan fingerprint density at radius 2 is 2.12 bits per heavy atom. The Labute approximate surface area is 93.9 Å². The first kappa shape index (κ1) is 15.4. The molecule has 0 fully saturated rings. The first-order chi connectivity index (χ1) is 7.68. The fourth-order valence-corrected chi connectivity index (χ4v) is 0.604. The quantitative estimate of drug-likeness (QED) is 0.722. The largest absolute Gasteiger partial charge is 0.490 e. The van der Waals surface area contributed by atoms with Gasteiger partial charge in [0.15, 0.2) is 0 Å². The van der Waals surface area contributed by atoms with E-state index in [1.807, 2.05) is 0 Å². The first-order valence-electron chi connectivity index (χ1n) is 4.29. The van der Waals surface area contributed by atoms with Crippen molar-refractivity contribution in [2.45, 2.75) is 25.7 Å². The summed E-state index contributed by atoms with van der Waals surface area (Å²) in [6.07, 6.45) is -3.68. The Balaban J connectivity index is 0.000000325. The van der Waals surface area contributed by atoms with Crippen LogP contribution in [0, 0.1) is 0 Å². The molecule has 0 aliphatic rings. The number of aliphatic hydroxyl groups is 1. The summed E-state index contributed by atoms with van der Waals surface area (Å²) in [6.45, 7) is 1.67. The van der Waals surface area contributed by atoms with Gasteiger partial charge in [-0.1, -0.05) is 0 Å². The van der Waals surface area contributed by atoms with Crippen molar-refractivity contribution >= 4 is 5.97 Å². The van der Waals surface area contributed by atoms with Gasteiger partial charge in [0.1, 0.15) is 12.0 Å². The molecule has 0 radical (unpaired) electrons. The van der Waals surface area contributed by atoms with Crippen LogP contribution in [0.2, 0.25) is 0 Å². The van der Waals surface area contributed by atoms with Crippen LogP contribution in [-0.2, 0) is 11.4 Å². The van der Waals surface area contributed by atoms with E-state index in [2.05, 4.69) is 4.98 Å². The third-order valence-corrected chi connectivity index (χ3v) is 1.36. The Kier molecular flexibility index (Phi) is 5.62. The molecule has 0 aromatic carbocycles. The minimum absolute atomic E-state index is 0.101. The smallest absolute Gasteiger partial charge is 0.475 e. The van der Waals surface area contributed by atoms with Crippen molar-refractivity contribution in [2.24, 2.45) is 5.73 Å². The number of rotatable bonds is 2. The fourth-order valence-electron chi connectivity index (χ4n) is 0.604. The van der Waals surface area contributed by atoms with Crippen LogP contribution in [0.4, 0.5) is 13.2 Å². The van der Waals surface area contributed by atoms with Gasteiger partial charge in [-0.15, -0.1) is 0 Å². The van der Waals surface area contributed by atoms with Gasteiger partial charge in [0.05, 0.1) is 12.6 Å². The molecule has 0 spiro atoms. The van der Waals surface area contributed by atoms with Crippen molar-refractivity contribution in [1.82, 2.24) is 4.98 Å². The molecule has 1 atom stereocenters. The van der Waals surface area contributed by atoms with E-state index in [4.69, 9.17) is 25.2 Å². The second-order valence-corrected chi connectivity index (χ2v) is 2.93. The van der Waals surface area contributed by atoms with Crippen LogP contribution < -0.4 is 5.73 Å². The van der Waals surface area contributed by atoms with E-state index < -0.39 is 12.1 Å². The Morgan fingerprint density at radius 3 is 2.29 bits per heavy atom. The molecule has 98 valence electrons. The van der Waals surface area contributed by atoms with E-state index in [0.29, 0.717) is 11.6 Å². The number of aromatic nitrogens is 1. The van der Waals surface area contributed by atoms with E-state index in [1.54, 1.807) is 6.92 Å². The van der Waals surface area contributed by atoms with E-state index >= 15 is 0 Å². The monoisotopic (exact) mass is 256 g/mol. The predicted octanol–water partition coefficient (Wildman–Crippen LogP) is 0.820. The van der Waals surface area contributed by atoms with Gasteiger partial charge in [-0.2, -0.15) is 13.2 Å². The van der Waals surface area contributed by atoms with Crippen molar-refractivity contribution in [3.63, 3.8) is 0 Å². The molecule has 0 aliphatic carbocycles. The maximum atomic E-state index is 10.6. The molecular formula is C8H11F3N2O4. The van der Waals surface area contributed by atoms with Crippen molar-refractivity contribution in [1.29, 1.82) is 0 Å². The van der Waals surface area contributed by atoms with Crippen LogP contribution in [0.3, 0.4) is 0 Å². The third kappa shape index (κ3) is 5.88. The normalized spacial score (nSPS) is 12.6. The van der Waals surface area contributed by atoms with Gasteiger partial charge in [-0.05, 0) is 6.92 Å². The summed E-state index contributed by atoms with van der Waals surface area (Å²) in [7, 11) is 0. The van der Waals surface area contributed by atoms with E-state index in [9.17, 15) is 13.2 Å². The van der Waals surface area contributed by atoms with Crippen molar-refractivity contribution in [2.75, 3.05) is 0 Å². The van der Waals surface area contributed by atoms with Gasteiger partial charge < -0.3 is 20.4 Å². The van der Waals surface area contributed by atoms with Gasteiger partial charge in [0, 0.05) is 0 Å². The Bertz CT molecular complexity index is 362. The number of hydrogen-bond acceptors (Lipinski definition) is 5. The summed E-state index contributed by atoms with van der Waals surface area (Å²) in [6, 6.07) is -0.208. The number of carboxylic acids is 1. The predicted molar refractivity (Wildman–Crippen MR) is 48.7 cm³/mol. The van der Waals surface area contributed by atoms with Crippen molar-refractivity contribution in [3.8, 4) is 0 Å². The number of carbonyl (C=O) groups is 1. The number of aliphatic carboxylic acids is 1. The highest BCUT2D eigenvalue weighted by molar-refractivity contribution is 5.73. The second-order valence-electron chi connectivity index (χ2n) is 2.93. The zero-order valence-corrected chi connectivity index (χ0v) is 8.73. The molecular weight excluding hydrogens is 245 g/mol. The molecule has 1 heterocycles. The fraction of sp³-hybridized carbons (Fsp3) is 0.500. The molecule has 1 aromatic rings. The van der Waals surface area contributed by atoms with Gasteiger partial charge in [0.25, 0.3) is 0 Å². The lowest BCUT2D eigenvalue weighted by Gasteiger charge is -1.94. The number of aliphatic hydroxyl groups excluding tert-OH is 1. The maximum Gasteiger partial charge on any atom is 0.490 e. The maximum absolute atomic E-state index is 10.6. The summed E-state index contributed by atoms with van der Waals surface area (Å²) in [4.78, 5) is 12.8. The second kappa shape index (κ2) is 6.21. The van der Waals surface area contributed by atoms with Crippen molar-refractivity contribution in [3.05, 3.63) is 17.8 Å². The SMILES string of the molecule is CC(N)c1nc(CO)co1.O=C(O)C(F)(F)F. The van der Waals surface area contributed by atoms with Crippen LogP contribution in [0.15, 0.2) is 10.7 Å². The molecule has 1 unspecified atom stereocenters. The molecule has 1 rings (SSSR count). The summed E-state index contributed by atoms with van der Waals surface area (Å²) in [5.74, 6) is -2.29. The Hall–Kier alpha value is -1.61. The molecule has 0 saturated heterocycles. The zero-order chi connectivity index (χ0) is 13.6. The van der Waals surface area contributed by atoms with Crippen LogP contribution >= 0.6 is 0 Å². The summed E-state index contributed by atoms with van der Waals surface area (Å²) in [5.41, 5.74) is 5.96. The lowest BCUT2D eigenvalue weighted by molar-refractivity contribution is -0.192. The average Bonchev–Trinajstić information content (AvgIpc) is 2.65. The van der Waals surface area contributed by atoms with Gasteiger partial charge in [-0.3, -0.25) is 0 Å². The molecule has 4 N–H and O–H groups in total. The topological polar surface area (TPSA) is 110 Å². The standard InChI is InChI=1S/C6H10N2O2.C2HF3O2/c1-4(7)6-8-5(2-9)3-10-6;3-2(4,5)1(6)7/h3-4,9H,2,7H2,1H3;(H,6,7). The number of nitrogens with zero attached hydrogens (tertiary/aromatic N) is 1. The lowest BCUT2D eigenvalue weighted by atomic mass is 10.4. The Morgan fingerprint density at radius 1 is 1.65 bits per heavy atom. The average molecular weight is 256 g/mol. The number of carboxylic acid groups (broad SMARTS) is 1. The first-order valence-corrected chi connectivity index (χ1v) is 4.29. The number of alkyl halides is 3. The molecule has 9 heteroatoms. The minimum Gasteiger partial charge on any atom is -0.475 e. The minimum atomic E-state index is -5.08. The van der Waals surface area contributed by atoms with E-state index in [1.165, 1.54) is 6.26 Å². The number of oxazole rings is 1. The summed E-state index contributed by atoms with van der Waals surface area (Å²) >= 11 is 0. The molecule has 0 saturated carbocycles. The van der Waals surface area contributed by atoms with E-state index in [-0.39, 0.29) is 12.6 Å². The zero-order valence-electron chi connectivity index (χ0n) is 8.73. The van der Waals surface area contributed by atoms with Crippen molar-refractivity contribution < 1.29 is 32.6 Å². The summed E-state index contributed by atoms with van der Waals surface area (Å²) in [5, 5.41) is 15.7. The number of halogens is 3. The molecule has 1 aromatic heterocycles. The van der Waals surface area contributed by atoms with Crippen LogP contribution in [-0.4, -0.2) is 27.3 Å². The molecule has 0 bridgehead atoms. The van der Waals surface area contributed by atoms with Gasteiger partial charge >= 0.3 is 12.1 Å². The number of nitrogens with two attached hydrogens (primary N) is 1. The highest BCUT2D eigenvalue weighted by atomic mass is 19.4. The highest BCUT2D eigenvalue weighted by Gasteiger charge is 2.38. The molecule has 0 aliphatic heterocycles. The van der Waals surface area contributed by atoms with Crippen LogP contribution in [0.25, 0.3) is 0 Å². The van der Waals surface area contributed by atoms with Crippen LogP contribution in [0.1, 0.15) is 24.6 Å². The highest BCUT2D eigenvalue weighted by Crippen LogP contribution is 2.13. The van der Waals surface area contributed by atoms with Gasteiger partial charge in [-0.25, -0.2) is 9.78 Å². The lowest BCUT2D eigenvalue weighted by Crippen LogP contribution is -2.21.